The van der Waals surface area contributed by atoms with E-state index in [4.69, 9.17) is 0 Å². The minimum Gasteiger partial charge on any atom is -0.315 e. The first kappa shape index (κ1) is 23.9. The van der Waals surface area contributed by atoms with Gasteiger partial charge in [0, 0.05) is 57.9 Å². The first-order valence-corrected chi connectivity index (χ1v) is 12.2. The van der Waals surface area contributed by atoms with Gasteiger partial charge in [0.2, 0.25) is 5.91 Å². The summed E-state index contributed by atoms with van der Waals surface area (Å²) >= 11 is 0. The molecule has 2 heterocycles. The zero-order valence-corrected chi connectivity index (χ0v) is 20.0. The molecule has 1 atom stereocenters. The zero-order valence-electron chi connectivity index (χ0n) is 20.0. The fraction of sp³-hybridized carbons (Fsp3) is 0.519. The Morgan fingerprint density at radius 2 is 1.76 bits per heavy atom. The number of piperazine rings is 1. The van der Waals surface area contributed by atoms with Gasteiger partial charge in [-0.05, 0) is 74.2 Å². The standard InChI is InChI=1S/C27H37FN4O/c1-21-18-32(15-12-29-21)19-23-6-8-26(9-7-23)30(2)27(33)17-22-10-13-31(14-11-22)20-24-4-3-5-25(28)16-24/h3-9,16,21-22,29H,10-15,17-20H2,1-2H3/t21-/m0/s1. The van der Waals surface area contributed by atoms with Gasteiger partial charge in [0.05, 0.1) is 0 Å². The van der Waals surface area contributed by atoms with E-state index in [1.807, 2.05) is 13.1 Å². The first-order valence-electron chi connectivity index (χ1n) is 12.2. The van der Waals surface area contributed by atoms with Gasteiger partial charge in [0.25, 0.3) is 0 Å². The van der Waals surface area contributed by atoms with Crippen LogP contribution in [0.4, 0.5) is 10.1 Å². The number of rotatable bonds is 7. The summed E-state index contributed by atoms with van der Waals surface area (Å²) in [5, 5.41) is 3.48. The number of amides is 1. The second-order valence-electron chi connectivity index (χ2n) is 9.76. The number of nitrogens with one attached hydrogen (secondary N) is 1. The van der Waals surface area contributed by atoms with Gasteiger partial charge in [-0.1, -0.05) is 24.3 Å². The fourth-order valence-electron chi connectivity index (χ4n) is 5.01. The second-order valence-corrected chi connectivity index (χ2v) is 9.76. The maximum Gasteiger partial charge on any atom is 0.226 e. The number of anilines is 1. The molecular formula is C27H37FN4O. The molecule has 0 unspecified atom stereocenters. The SMILES string of the molecule is C[C@H]1CN(Cc2ccc(N(C)C(=O)CC3CCN(Cc4cccc(F)c4)CC3)cc2)CCN1. The van der Waals surface area contributed by atoms with Crippen LogP contribution < -0.4 is 10.2 Å². The molecule has 2 aliphatic rings. The van der Waals surface area contributed by atoms with Gasteiger partial charge in [0.15, 0.2) is 0 Å². The van der Waals surface area contributed by atoms with Gasteiger partial charge in [-0.25, -0.2) is 4.39 Å². The summed E-state index contributed by atoms with van der Waals surface area (Å²) < 4.78 is 13.4. The van der Waals surface area contributed by atoms with E-state index >= 15 is 0 Å². The molecule has 1 N–H and O–H groups in total. The molecule has 2 aromatic rings. The lowest BCUT2D eigenvalue weighted by Gasteiger charge is -2.32. The number of carbonyl (C=O) groups is 1. The number of halogens is 1. The van der Waals surface area contributed by atoms with Crippen molar-refractivity contribution >= 4 is 11.6 Å². The van der Waals surface area contributed by atoms with Crippen LogP contribution in [-0.4, -0.2) is 61.5 Å². The largest absolute Gasteiger partial charge is 0.315 e. The first-order chi connectivity index (χ1) is 16.0. The van der Waals surface area contributed by atoms with Crippen LogP contribution in [0.5, 0.6) is 0 Å². The van der Waals surface area contributed by atoms with Gasteiger partial charge in [-0.15, -0.1) is 0 Å². The van der Waals surface area contributed by atoms with E-state index in [-0.39, 0.29) is 11.7 Å². The highest BCUT2D eigenvalue weighted by atomic mass is 19.1. The minimum atomic E-state index is -0.178. The number of piperidine rings is 1. The van der Waals surface area contributed by atoms with Crippen LogP contribution in [0, 0.1) is 11.7 Å². The third-order valence-corrected chi connectivity index (χ3v) is 7.02. The molecule has 0 aromatic heterocycles. The van der Waals surface area contributed by atoms with Crippen molar-refractivity contribution in [3.63, 3.8) is 0 Å². The Hall–Kier alpha value is -2.28. The number of hydrogen-bond donors (Lipinski definition) is 1. The molecule has 2 fully saturated rings. The summed E-state index contributed by atoms with van der Waals surface area (Å²) in [6.07, 6.45) is 2.61. The summed E-state index contributed by atoms with van der Waals surface area (Å²) in [4.78, 5) is 19.6. The molecule has 0 bridgehead atoms. The van der Waals surface area contributed by atoms with Crippen LogP contribution in [0.3, 0.4) is 0 Å². The van der Waals surface area contributed by atoms with E-state index < -0.39 is 0 Å². The Morgan fingerprint density at radius 3 is 2.45 bits per heavy atom. The van der Waals surface area contributed by atoms with E-state index in [1.165, 1.54) is 11.6 Å². The molecule has 4 rings (SSSR count). The topological polar surface area (TPSA) is 38.8 Å². The molecule has 33 heavy (non-hydrogen) atoms. The minimum absolute atomic E-state index is 0.178. The van der Waals surface area contributed by atoms with Crippen LogP contribution in [0.1, 0.15) is 37.3 Å². The molecule has 5 nitrogen and oxygen atoms in total. The van der Waals surface area contributed by atoms with Gasteiger partial charge in [-0.3, -0.25) is 14.6 Å². The number of benzene rings is 2. The van der Waals surface area contributed by atoms with E-state index in [9.17, 15) is 9.18 Å². The lowest BCUT2D eigenvalue weighted by Crippen LogP contribution is -2.48. The van der Waals surface area contributed by atoms with Crippen molar-refractivity contribution in [2.45, 2.75) is 45.3 Å². The van der Waals surface area contributed by atoms with E-state index in [0.717, 1.165) is 69.9 Å². The summed E-state index contributed by atoms with van der Waals surface area (Å²) in [7, 11) is 1.88. The maximum absolute atomic E-state index is 13.4. The van der Waals surface area contributed by atoms with Gasteiger partial charge in [0.1, 0.15) is 5.82 Å². The summed E-state index contributed by atoms with van der Waals surface area (Å²) in [5.41, 5.74) is 3.26. The zero-order chi connectivity index (χ0) is 23.2. The molecule has 0 radical (unpaired) electrons. The van der Waals surface area contributed by atoms with Crippen molar-refractivity contribution in [1.29, 1.82) is 0 Å². The van der Waals surface area contributed by atoms with Gasteiger partial charge >= 0.3 is 0 Å². The number of nitrogens with zero attached hydrogens (tertiary/aromatic N) is 3. The Balaban J connectivity index is 1.22. The molecule has 178 valence electrons. The fourth-order valence-corrected chi connectivity index (χ4v) is 5.01. The molecule has 2 aliphatic heterocycles. The van der Waals surface area contributed by atoms with Crippen LogP contribution in [0.25, 0.3) is 0 Å². The van der Waals surface area contributed by atoms with Crippen molar-refractivity contribution in [3.8, 4) is 0 Å². The number of likely N-dealkylation sites (tertiary alicyclic amines) is 1. The highest BCUT2D eigenvalue weighted by molar-refractivity contribution is 5.92. The van der Waals surface area contributed by atoms with Crippen LogP contribution in [-0.2, 0) is 17.9 Å². The van der Waals surface area contributed by atoms with Crippen LogP contribution >= 0.6 is 0 Å². The third-order valence-electron chi connectivity index (χ3n) is 7.02. The molecule has 2 saturated heterocycles. The average Bonchev–Trinajstić information content (AvgIpc) is 2.80. The van der Waals surface area contributed by atoms with Crippen molar-refractivity contribution in [2.75, 3.05) is 44.7 Å². The van der Waals surface area contributed by atoms with Crippen molar-refractivity contribution in [1.82, 2.24) is 15.1 Å². The molecule has 2 aromatic carbocycles. The molecule has 6 heteroatoms. The molecule has 1 amide bonds. The molecule has 0 aliphatic carbocycles. The lowest BCUT2D eigenvalue weighted by molar-refractivity contribution is -0.119. The second kappa shape index (κ2) is 11.2. The lowest BCUT2D eigenvalue weighted by atomic mass is 9.92. The quantitative estimate of drug-likeness (QED) is 0.692. The molecule has 0 saturated carbocycles. The maximum atomic E-state index is 13.4. The highest BCUT2D eigenvalue weighted by Crippen LogP contribution is 2.24. The van der Waals surface area contributed by atoms with E-state index in [0.29, 0.717) is 18.4 Å². The summed E-state index contributed by atoms with van der Waals surface area (Å²) in [6.45, 7) is 9.06. The highest BCUT2D eigenvalue weighted by Gasteiger charge is 2.23. The third kappa shape index (κ3) is 6.85. The predicted octanol–water partition coefficient (Wildman–Crippen LogP) is 3.88. The van der Waals surface area contributed by atoms with Crippen molar-refractivity contribution in [2.24, 2.45) is 5.92 Å². The van der Waals surface area contributed by atoms with Gasteiger partial charge in [-0.2, -0.15) is 0 Å². The Kier molecular flexibility index (Phi) is 8.12. The monoisotopic (exact) mass is 452 g/mol. The summed E-state index contributed by atoms with van der Waals surface area (Å²) in [5.74, 6) is 0.419. The van der Waals surface area contributed by atoms with E-state index in [2.05, 4.69) is 46.3 Å². The molecule has 0 spiro atoms. The summed E-state index contributed by atoms with van der Waals surface area (Å²) in [6, 6.07) is 15.8. The predicted molar refractivity (Wildman–Crippen MR) is 132 cm³/mol. The van der Waals surface area contributed by atoms with E-state index in [1.54, 1.807) is 17.0 Å². The number of hydrogen-bond acceptors (Lipinski definition) is 4. The molecular weight excluding hydrogens is 415 g/mol. The van der Waals surface area contributed by atoms with Gasteiger partial charge < -0.3 is 10.2 Å². The Labute approximate surface area is 197 Å². The van der Waals surface area contributed by atoms with Crippen molar-refractivity contribution < 1.29 is 9.18 Å². The van der Waals surface area contributed by atoms with Crippen molar-refractivity contribution in [3.05, 3.63) is 65.5 Å². The average molecular weight is 453 g/mol. The number of carbonyl (C=O) groups excluding carboxylic acids is 1. The smallest absolute Gasteiger partial charge is 0.226 e. The van der Waals surface area contributed by atoms with Crippen LogP contribution in [0.2, 0.25) is 0 Å². The van der Waals surface area contributed by atoms with Crippen LogP contribution in [0.15, 0.2) is 48.5 Å². The Morgan fingerprint density at radius 1 is 1.03 bits per heavy atom. The Bertz CT molecular complexity index is 911. The normalized spacial score (nSPS) is 20.6.